The van der Waals surface area contributed by atoms with Crippen molar-refractivity contribution in [2.75, 3.05) is 18.0 Å². The van der Waals surface area contributed by atoms with Crippen LogP contribution in [0, 0.1) is 5.92 Å². The number of nitrogens with one attached hydrogen (secondary N) is 2. The Bertz CT molecular complexity index is 1150. The van der Waals surface area contributed by atoms with Crippen LogP contribution in [0.4, 0.5) is 5.69 Å². The van der Waals surface area contributed by atoms with E-state index in [0.29, 0.717) is 23.4 Å². The molecule has 2 saturated heterocycles. The van der Waals surface area contributed by atoms with Crippen LogP contribution in [0.2, 0.25) is 0 Å². The van der Waals surface area contributed by atoms with E-state index in [1.807, 2.05) is 12.1 Å². The van der Waals surface area contributed by atoms with Crippen LogP contribution in [-0.2, 0) is 21.2 Å². The number of sulfone groups is 1. The second-order valence-corrected chi connectivity index (χ2v) is 12.1. The van der Waals surface area contributed by atoms with E-state index < -0.39 is 9.84 Å². The number of amides is 1. The van der Waals surface area contributed by atoms with Gasteiger partial charge in [0.1, 0.15) is 0 Å². The van der Waals surface area contributed by atoms with E-state index >= 15 is 0 Å². The third kappa shape index (κ3) is 5.39. The van der Waals surface area contributed by atoms with E-state index in [1.54, 1.807) is 36.4 Å². The molecular formula is C27H35N3O4S. The lowest BCUT2D eigenvalue weighted by Gasteiger charge is -2.29. The van der Waals surface area contributed by atoms with Crippen molar-refractivity contribution in [3.8, 4) is 0 Å². The second kappa shape index (κ2) is 10.3. The zero-order chi connectivity index (χ0) is 24.4. The van der Waals surface area contributed by atoms with Gasteiger partial charge in [-0.2, -0.15) is 0 Å². The average Bonchev–Trinajstić information content (AvgIpc) is 3.31. The molecule has 4 unspecified atom stereocenters. The third-order valence-corrected chi connectivity index (χ3v) is 9.54. The van der Waals surface area contributed by atoms with Crippen molar-refractivity contribution in [1.82, 2.24) is 10.6 Å². The van der Waals surface area contributed by atoms with E-state index in [0.717, 1.165) is 62.9 Å². The summed E-state index contributed by atoms with van der Waals surface area (Å²) in [5, 5.41) is 16.3. The summed E-state index contributed by atoms with van der Waals surface area (Å²) in [6.45, 7) is 2.27. The van der Waals surface area contributed by atoms with Gasteiger partial charge in [-0.3, -0.25) is 4.79 Å². The van der Waals surface area contributed by atoms with Crippen molar-refractivity contribution in [3.05, 3.63) is 54.1 Å². The Hall–Kier alpha value is -2.42. The predicted molar refractivity (Wildman–Crippen MR) is 135 cm³/mol. The number of hydrogen-bond acceptors (Lipinski definition) is 6. The summed E-state index contributed by atoms with van der Waals surface area (Å²) in [7, 11) is -3.62. The number of carbonyl (C=O) groups excluding carboxylic acids is 1. The fraction of sp³-hybridized carbons (Fsp3) is 0.519. The molecule has 0 radical (unpaired) electrons. The Balaban J connectivity index is 1.20. The van der Waals surface area contributed by atoms with Crippen molar-refractivity contribution in [2.45, 2.75) is 79.5 Å². The van der Waals surface area contributed by atoms with Gasteiger partial charge in [0.25, 0.3) is 0 Å². The predicted octanol–water partition coefficient (Wildman–Crippen LogP) is 3.02. The Labute approximate surface area is 207 Å². The Morgan fingerprint density at radius 1 is 1.00 bits per heavy atom. The second-order valence-electron chi connectivity index (χ2n) is 10.2. The van der Waals surface area contributed by atoms with Crippen LogP contribution in [0.1, 0.15) is 50.5 Å². The molecule has 1 aliphatic carbocycles. The number of carbonyl (C=O) groups is 1. The van der Waals surface area contributed by atoms with E-state index in [4.69, 9.17) is 0 Å². The fourth-order valence-corrected chi connectivity index (χ4v) is 7.07. The Morgan fingerprint density at radius 3 is 2.54 bits per heavy atom. The molecule has 7 nitrogen and oxygen atoms in total. The molecule has 2 aromatic rings. The van der Waals surface area contributed by atoms with Crippen LogP contribution in [-0.4, -0.2) is 50.7 Å². The minimum absolute atomic E-state index is 0.0416. The van der Waals surface area contributed by atoms with Gasteiger partial charge in [-0.05, 0) is 86.8 Å². The first-order valence-electron chi connectivity index (χ1n) is 12.8. The lowest BCUT2D eigenvalue weighted by atomic mass is 9.83. The quantitative estimate of drug-likeness (QED) is 0.568. The molecule has 3 N–H and O–H groups in total. The Morgan fingerprint density at radius 2 is 1.77 bits per heavy atom. The van der Waals surface area contributed by atoms with Gasteiger partial charge in [-0.25, -0.2) is 8.42 Å². The molecule has 2 heterocycles. The maximum Gasteiger partial charge on any atom is 0.237 e. The van der Waals surface area contributed by atoms with E-state index in [2.05, 4.69) is 15.5 Å². The van der Waals surface area contributed by atoms with Gasteiger partial charge in [0, 0.05) is 31.4 Å². The summed E-state index contributed by atoms with van der Waals surface area (Å²) in [5.41, 5.74) is 1.81. The first-order valence-corrected chi connectivity index (χ1v) is 14.3. The minimum Gasteiger partial charge on any atom is -0.393 e. The molecule has 35 heavy (non-hydrogen) atoms. The molecule has 8 heteroatoms. The highest BCUT2D eigenvalue weighted by atomic mass is 32.2. The van der Waals surface area contributed by atoms with Crippen LogP contribution < -0.4 is 15.5 Å². The summed E-state index contributed by atoms with van der Waals surface area (Å²) >= 11 is 0. The highest BCUT2D eigenvalue weighted by Gasteiger charge is 2.40. The summed E-state index contributed by atoms with van der Waals surface area (Å²) in [5.74, 6) is 0.313. The highest BCUT2D eigenvalue weighted by Crippen LogP contribution is 2.33. The average molecular weight is 498 g/mol. The number of aliphatic hydroxyl groups is 1. The van der Waals surface area contributed by atoms with Crippen molar-refractivity contribution in [3.63, 3.8) is 0 Å². The molecule has 188 valence electrons. The van der Waals surface area contributed by atoms with E-state index in [1.165, 1.54) is 6.42 Å². The molecule has 0 bridgehead atoms. The molecule has 2 aromatic carbocycles. The topological polar surface area (TPSA) is 98.7 Å². The SMILES string of the molecule is O=C(NCc1ccc(S(=O)(=O)c2cccc(N3CCCCC3)c2)cc1)C1CC2CC(O)CCC2N1. The largest absolute Gasteiger partial charge is 0.393 e. The molecule has 3 fully saturated rings. The summed E-state index contributed by atoms with van der Waals surface area (Å²) in [6.07, 6.45) is 6.46. The van der Waals surface area contributed by atoms with Gasteiger partial charge in [0.2, 0.25) is 15.7 Å². The van der Waals surface area contributed by atoms with Gasteiger partial charge in [0.05, 0.1) is 21.9 Å². The van der Waals surface area contributed by atoms with Crippen molar-refractivity contribution < 1.29 is 18.3 Å². The standard InChI is InChI=1S/C27H35N3O4S/c31-22-9-12-25-20(15-22)16-26(29-25)27(32)28-18-19-7-10-23(11-8-19)35(33,34)24-6-4-5-21(17-24)30-13-2-1-3-14-30/h4-8,10-11,17,20,22,25-26,29,31H,1-3,9,12-16,18H2,(H,28,32). The maximum absolute atomic E-state index is 13.3. The Kier molecular flexibility index (Phi) is 7.14. The zero-order valence-corrected chi connectivity index (χ0v) is 20.8. The normalized spacial score (nSPS) is 26.8. The zero-order valence-electron chi connectivity index (χ0n) is 20.0. The fourth-order valence-electron chi connectivity index (χ4n) is 5.77. The van der Waals surface area contributed by atoms with Crippen molar-refractivity contribution >= 4 is 21.4 Å². The summed E-state index contributed by atoms with van der Waals surface area (Å²) in [6, 6.07) is 14.1. The number of anilines is 1. The summed E-state index contributed by atoms with van der Waals surface area (Å²) in [4.78, 5) is 15.5. The molecular weight excluding hydrogens is 462 g/mol. The van der Waals surface area contributed by atoms with Crippen LogP contribution >= 0.6 is 0 Å². The molecule has 2 aliphatic heterocycles. The van der Waals surface area contributed by atoms with Crippen LogP contribution in [0.25, 0.3) is 0 Å². The summed E-state index contributed by atoms with van der Waals surface area (Å²) < 4.78 is 26.5. The van der Waals surface area contributed by atoms with Crippen LogP contribution in [0.15, 0.2) is 58.3 Å². The molecule has 1 saturated carbocycles. The highest BCUT2D eigenvalue weighted by molar-refractivity contribution is 7.91. The number of rotatable bonds is 6. The van der Waals surface area contributed by atoms with Gasteiger partial charge in [0.15, 0.2) is 0 Å². The van der Waals surface area contributed by atoms with Gasteiger partial charge >= 0.3 is 0 Å². The van der Waals surface area contributed by atoms with E-state index in [9.17, 15) is 18.3 Å². The molecule has 0 aromatic heterocycles. The first kappa shape index (κ1) is 24.3. The van der Waals surface area contributed by atoms with Crippen molar-refractivity contribution in [1.29, 1.82) is 0 Å². The van der Waals surface area contributed by atoms with Crippen molar-refractivity contribution in [2.24, 2.45) is 5.92 Å². The smallest absolute Gasteiger partial charge is 0.237 e. The minimum atomic E-state index is -3.62. The first-order chi connectivity index (χ1) is 16.9. The molecule has 3 aliphatic rings. The number of aliphatic hydroxyl groups excluding tert-OH is 1. The monoisotopic (exact) mass is 497 g/mol. The number of nitrogens with zero attached hydrogens (tertiary/aromatic N) is 1. The number of benzene rings is 2. The lowest BCUT2D eigenvalue weighted by Crippen LogP contribution is -2.43. The van der Waals surface area contributed by atoms with Gasteiger partial charge in [-0.1, -0.05) is 18.2 Å². The lowest BCUT2D eigenvalue weighted by molar-refractivity contribution is -0.123. The maximum atomic E-state index is 13.3. The number of hydrogen-bond donors (Lipinski definition) is 3. The van der Waals surface area contributed by atoms with Gasteiger partial charge in [-0.15, -0.1) is 0 Å². The van der Waals surface area contributed by atoms with Crippen LogP contribution in [0.3, 0.4) is 0 Å². The molecule has 0 spiro atoms. The number of piperidine rings is 1. The third-order valence-electron chi connectivity index (χ3n) is 7.77. The van der Waals surface area contributed by atoms with Gasteiger partial charge < -0.3 is 20.6 Å². The molecule has 4 atom stereocenters. The van der Waals surface area contributed by atoms with E-state index in [-0.39, 0.29) is 22.9 Å². The number of fused-ring (bicyclic) bond motifs is 1. The van der Waals surface area contributed by atoms with Crippen LogP contribution in [0.5, 0.6) is 0 Å². The molecule has 1 amide bonds. The molecule has 5 rings (SSSR count).